The van der Waals surface area contributed by atoms with Crippen LogP contribution in [0.5, 0.6) is 0 Å². The highest BCUT2D eigenvalue weighted by molar-refractivity contribution is 9.10. The molecule has 1 heterocycles. The van der Waals surface area contributed by atoms with Gasteiger partial charge >= 0.3 is 0 Å². The molecular weight excluding hydrogens is 292 g/mol. The van der Waals surface area contributed by atoms with Gasteiger partial charge < -0.3 is 5.32 Å². The Kier molecular flexibility index (Phi) is 4.10. The third-order valence-electron chi connectivity index (χ3n) is 2.64. The van der Waals surface area contributed by atoms with Gasteiger partial charge in [0.25, 0.3) is 5.91 Å². The fourth-order valence-electron chi connectivity index (χ4n) is 1.62. The standard InChI is InChI=1S/C14H13BrN2O/c1-10(11-5-3-2-4-6-11)17-14(18)12-7-8-13(15)16-9-12/h2-10H,1H3,(H,17,18)/t10-/m0/s1. The molecule has 2 rings (SSSR count). The number of carbonyl (C=O) groups is 1. The minimum atomic E-state index is -0.119. The van der Waals surface area contributed by atoms with Crippen LogP contribution < -0.4 is 5.32 Å². The molecule has 1 amide bonds. The van der Waals surface area contributed by atoms with E-state index in [1.165, 1.54) is 0 Å². The van der Waals surface area contributed by atoms with E-state index in [9.17, 15) is 4.79 Å². The van der Waals surface area contributed by atoms with Crippen LogP contribution in [-0.4, -0.2) is 10.9 Å². The molecule has 0 aliphatic rings. The molecule has 0 radical (unpaired) electrons. The van der Waals surface area contributed by atoms with Crippen LogP contribution in [0.4, 0.5) is 0 Å². The molecule has 92 valence electrons. The van der Waals surface area contributed by atoms with Gasteiger partial charge in [-0.1, -0.05) is 30.3 Å². The Bertz CT molecular complexity index is 525. The van der Waals surface area contributed by atoms with E-state index in [-0.39, 0.29) is 11.9 Å². The zero-order chi connectivity index (χ0) is 13.0. The number of nitrogens with one attached hydrogen (secondary N) is 1. The summed E-state index contributed by atoms with van der Waals surface area (Å²) in [4.78, 5) is 16.0. The predicted octanol–water partition coefficient (Wildman–Crippen LogP) is 3.34. The zero-order valence-corrected chi connectivity index (χ0v) is 11.5. The highest BCUT2D eigenvalue weighted by Crippen LogP contribution is 2.12. The van der Waals surface area contributed by atoms with Gasteiger partial charge in [0.2, 0.25) is 0 Å². The Hall–Kier alpha value is -1.68. The van der Waals surface area contributed by atoms with Crippen LogP contribution in [0.15, 0.2) is 53.3 Å². The van der Waals surface area contributed by atoms with Crippen molar-refractivity contribution < 1.29 is 4.79 Å². The average Bonchev–Trinajstić information content (AvgIpc) is 2.40. The number of hydrogen-bond acceptors (Lipinski definition) is 2. The van der Waals surface area contributed by atoms with Gasteiger partial charge in [-0.3, -0.25) is 4.79 Å². The van der Waals surface area contributed by atoms with Crippen LogP contribution in [0.2, 0.25) is 0 Å². The first-order valence-electron chi connectivity index (χ1n) is 5.64. The van der Waals surface area contributed by atoms with Crippen molar-refractivity contribution in [2.45, 2.75) is 13.0 Å². The van der Waals surface area contributed by atoms with Crippen molar-refractivity contribution in [3.8, 4) is 0 Å². The van der Waals surface area contributed by atoms with E-state index >= 15 is 0 Å². The summed E-state index contributed by atoms with van der Waals surface area (Å²) in [6.45, 7) is 1.96. The molecule has 0 fully saturated rings. The Morgan fingerprint density at radius 2 is 1.94 bits per heavy atom. The van der Waals surface area contributed by atoms with Gasteiger partial charge in [-0.15, -0.1) is 0 Å². The average molecular weight is 305 g/mol. The minimum Gasteiger partial charge on any atom is -0.345 e. The molecule has 1 aromatic carbocycles. The highest BCUT2D eigenvalue weighted by Gasteiger charge is 2.11. The molecule has 1 atom stereocenters. The fourth-order valence-corrected chi connectivity index (χ4v) is 1.85. The third-order valence-corrected chi connectivity index (χ3v) is 3.11. The van der Waals surface area contributed by atoms with Crippen LogP contribution in [0.1, 0.15) is 28.9 Å². The summed E-state index contributed by atoms with van der Waals surface area (Å²) in [5, 5.41) is 2.94. The quantitative estimate of drug-likeness (QED) is 0.884. The Morgan fingerprint density at radius 3 is 2.56 bits per heavy atom. The van der Waals surface area contributed by atoms with Crippen molar-refractivity contribution in [1.29, 1.82) is 0 Å². The van der Waals surface area contributed by atoms with Crippen molar-refractivity contribution >= 4 is 21.8 Å². The van der Waals surface area contributed by atoms with Gasteiger partial charge in [0, 0.05) is 6.20 Å². The van der Waals surface area contributed by atoms with Crippen LogP contribution in [0.3, 0.4) is 0 Å². The van der Waals surface area contributed by atoms with Crippen molar-refractivity contribution in [1.82, 2.24) is 10.3 Å². The Morgan fingerprint density at radius 1 is 1.22 bits per heavy atom. The molecule has 1 N–H and O–H groups in total. The predicted molar refractivity (Wildman–Crippen MR) is 74.3 cm³/mol. The summed E-state index contributed by atoms with van der Waals surface area (Å²) in [6, 6.07) is 13.3. The van der Waals surface area contributed by atoms with Crippen LogP contribution in [0.25, 0.3) is 0 Å². The molecule has 3 nitrogen and oxygen atoms in total. The lowest BCUT2D eigenvalue weighted by Gasteiger charge is -2.14. The van der Waals surface area contributed by atoms with Gasteiger partial charge in [-0.2, -0.15) is 0 Å². The van der Waals surface area contributed by atoms with E-state index < -0.39 is 0 Å². The summed E-state index contributed by atoms with van der Waals surface area (Å²) in [6.07, 6.45) is 1.55. The van der Waals surface area contributed by atoms with Gasteiger partial charge in [0.15, 0.2) is 0 Å². The van der Waals surface area contributed by atoms with Crippen molar-refractivity contribution in [2.75, 3.05) is 0 Å². The van der Waals surface area contributed by atoms with Crippen LogP contribution in [-0.2, 0) is 0 Å². The van der Waals surface area contributed by atoms with E-state index in [0.717, 1.165) is 10.2 Å². The van der Waals surface area contributed by atoms with Gasteiger partial charge in [0.1, 0.15) is 4.60 Å². The largest absolute Gasteiger partial charge is 0.345 e. The summed E-state index contributed by atoms with van der Waals surface area (Å²) < 4.78 is 0.718. The lowest BCUT2D eigenvalue weighted by Crippen LogP contribution is -2.26. The van der Waals surface area contributed by atoms with Crippen molar-refractivity contribution in [3.63, 3.8) is 0 Å². The van der Waals surface area contributed by atoms with Crippen molar-refractivity contribution in [2.24, 2.45) is 0 Å². The highest BCUT2D eigenvalue weighted by atomic mass is 79.9. The number of carbonyl (C=O) groups excluding carboxylic acids is 1. The third kappa shape index (κ3) is 3.17. The smallest absolute Gasteiger partial charge is 0.253 e. The molecule has 0 spiro atoms. The Labute approximate surface area is 114 Å². The van der Waals surface area contributed by atoms with Gasteiger partial charge in [-0.05, 0) is 40.5 Å². The van der Waals surface area contributed by atoms with Crippen LogP contribution in [0, 0.1) is 0 Å². The summed E-state index contributed by atoms with van der Waals surface area (Å²) >= 11 is 3.24. The first-order valence-corrected chi connectivity index (χ1v) is 6.43. The number of aromatic nitrogens is 1. The number of halogens is 1. The molecule has 18 heavy (non-hydrogen) atoms. The summed E-state index contributed by atoms with van der Waals surface area (Å²) in [5.41, 5.74) is 1.64. The fraction of sp³-hybridized carbons (Fsp3) is 0.143. The van der Waals surface area contributed by atoms with Gasteiger partial charge in [0.05, 0.1) is 11.6 Å². The van der Waals surface area contributed by atoms with Crippen LogP contribution >= 0.6 is 15.9 Å². The molecular formula is C14H13BrN2O. The summed E-state index contributed by atoms with van der Waals surface area (Å²) in [7, 11) is 0. The monoisotopic (exact) mass is 304 g/mol. The maximum Gasteiger partial charge on any atom is 0.253 e. The summed E-state index contributed by atoms with van der Waals surface area (Å²) in [5.74, 6) is -0.119. The molecule has 0 saturated carbocycles. The number of pyridine rings is 1. The molecule has 2 aromatic rings. The number of benzene rings is 1. The second-order valence-electron chi connectivity index (χ2n) is 3.98. The molecule has 0 aliphatic heterocycles. The molecule has 1 aromatic heterocycles. The van der Waals surface area contributed by atoms with E-state index in [1.54, 1.807) is 18.3 Å². The maximum atomic E-state index is 12.0. The number of nitrogens with zero attached hydrogens (tertiary/aromatic N) is 1. The first-order chi connectivity index (χ1) is 8.66. The minimum absolute atomic E-state index is 0.0256. The van der Waals surface area contributed by atoms with Gasteiger partial charge in [-0.25, -0.2) is 4.98 Å². The molecule has 0 bridgehead atoms. The molecule has 0 unspecified atom stereocenters. The molecule has 0 saturated heterocycles. The number of hydrogen-bond donors (Lipinski definition) is 1. The SMILES string of the molecule is C[C@H](NC(=O)c1ccc(Br)nc1)c1ccccc1. The molecule has 4 heteroatoms. The second-order valence-corrected chi connectivity index (χ2v) is 4.79. The maximum absolute atomic E-state index is 12.0. The number of rotatable bonds is 3. The lowest BCUT2D eigenvalue weighted by atomic mass is 10.1. The zero-order valence-electron chi connectivity index (χ0n) is 9.93. The van der Waals surface area contributed by atoms with E-state index in [1.807, 2.05) is 37.3 Å². The van der Waals surface area contributed by atoms with E-state index in [2.05, 4.69) is 26.2 Å². The lowest BCUT2D eigenvalue weighted by molar-refractivity contribution is 0.0939. The van der Waals surface area contributed by atoms with E-state index in [0.29, 0.717) is 5.56 Å². The normalized spacial score (nSPS) is 11.9. The topological polar surface area (TPSA) is 42.0 Å². The van der Waals surface area contributed by atoms with E-state index in [4.69, 9.17) is 0 Å². The first kappa shape index (κ1) is 12.8. The molecule has 0 aliphatic carbocycles. The number of amides is 1. The second kappa shape index (κ2) is 5.78. The Balaban J connectivity index is 2.06. The van der Waals surface area contributed by atoms with Crippen molar-refractivity contribution in [3.05, 3.63) is 64.4 Å².